The molecule has 0 saturated heterocycles. The van der Waals surface area contributed by atoms with Gasteiger partial charge in [0, 0.05) is 26.6 Å². The Kier molecular flexibility index (Phi) is 11.2. The van der Waals surface area contributed by atoms with Gasteiger partial charge in [-0.05, 0) is 48.7 Å². The lowest BCUT2D eigenvalue weighted by atomic mass is 10.1. The normalized spacial score (nSPS) is 12.1. The Morgan fingerprint density at radius 3 is 2.28 bits per heavy atom. The lowest BCUT2D eigenvalue weighted by Gasteiger charge is -2.31. The number of sulfonamides is 1. The molecule has 0 aromatic heterocycles. The second-order valence-corrected chi connectivity index (χ2v) is 11.2. The van der Waals surface area contributed by atoms with E-state index in [1.807, 2.05) is 6.92 Å². The van der Waals surface area contributed by atoms with Crippen molar-refractivity contribution in [3.05, 3.63) is 57.0 Å². The maximum absolute atomic E-state index is 13.3. The first kappa shape index (κ1) is 30.0. The second-order valence-electron chi connectivity index (χ2n) is 8.07. The summed E-state index contributed by atoms with van der Waals surface area (Å²) in [6.07, 6.45) is 1.72. The fourth-order valence-corrected chi connectivity index (χ4v) is 5.27. The van der Waals surface area contributed by atoms with E-state index in [9.17, 15) is 18.0 Å². The van der Waals surface area contributed by atoms with Gasteiger partial charge in [0.25, 0.3) is 0 Å². The molecule has 0 radical (unpaired) electrons. The molecule has 0 aliphatic carbocycles. The molecule has 2 aromatic carbocycles. The Labute approximate surface area is 227 Å². The predicted molar refractivity (Wildman–Crippen MR) is 145 cm³/mol. The number of amides is 2. The molecule has 0 unspecified atom stereocenters. The molecule has 0 saturated carbocycles. The summed E-state index contributed by atoms with van der Waals surface area (Å²) in [4.78, 5) is 27.3. The van der Waals surface area contributed by atoms with Crippen molar-refractivity contribution in [2.75, 3.05) is 31.3 Å². The molecule has 2 amide bonds. The summed E-state index contributed by atoms with van der Waals surface area (Å²) in [6.45, 7) is 2.00. The van der Waals surface area contributed by atoms with E-state index in [0.29, 0.717) is 33.5 Å². The van der Waals surface area contributed by atoms with Gasteiger partial charge < -0.3 is 15.0 Å². The van der Waals surface area contributed by atoms with Crippen LogP contribution in [0.25, 0.3) is 0 Å². The molecule has 8 nitrogen and oxygen atoms in total. The lowest BCUT2D eigenvalue weighted by molar-refractivity contribution is -0.141. The molecule has 198 valence electrons. The van der Waals surface area contributed by atoms with Crippen LogP contribution in [-0.4, -0.2) is 58.1 Å². The Hall–Kier alpha value is -2.20. The summed E-state index contributed by atoms with van der Waals surface area (Å²) < 4.78 is 31.3. The zero-order valence-electron chi connectivity index (χ0n) is 20.6. The average molecular weight is 579 g/mol. The number of nitrogens with one attached hydrogen (secondary N) is 1. The zero-order valence-corrected chi connectivity index (χ0v) is 23.6. The highest BCUT2D eigenvalue weighted by Gasteiger charge is 2.28. The topological polar surface area (TPSA) is 96.0 Å². The molecule has 0 spiro atoms. The monoisotopic (exact) mass is 577 g/mol. The van der Waals surface area contributed by atoms with Crippen LogP contribution in [0.2, 0.25) is 15.1 Å². The van der Waals surface area contributed by atoms with Gasteiger partial charge in [-0.1, -0.05) is 47.8 Å². The van der Waals surface area contributed by atoms with Gasteiger partial charge in [0.15, 0.2) is 0 Å². The molecular formula is C24H30Cl3N3O5S. The van der Waals surface area contributed by atoms with Crippen LogP contribution in [0.3, 0.4) is 0 Å². The van der Waals surface area contributed by atoms with Gasteiger partial charge in [-0.2, -0.15) is 0 Å². The number of likely N-dealkylation sites (N-methyl/N-ethyl adjacent to an activating group) is 1. The number of rotatable bonds is 12. The number of ether oxygens (including phenoxy) is 1. The summed E-state index contributed by atoms with van der Waals surface area (Å²) in [6, 6.07) is 8.98. The van der Waals surface area contributed by atoms with Crippen molar-refractivity contribution in [3.8, 4) is 5.75 Å². The predicted octanol–water partition coefficient (Wildman–Crippen LogP) is 4.76. The molecule has 0 heterocycles. The van der Waals surface area contributed by atoms with Crippen molar-refractivity contribution < 1.29 is 22.7 Å². The number of hydrogen-bond acceptors (Lipinski definition) is 5. The SMILES string of the molecule is CC[C@H](C(=O)NC)N(Cc1ccc(Cl)c(Cl)c1)C(=O)CCCN(c1ccc(OC)c(Cl)c1)S(C)(=O)=O. The summed E-state index contributed by atoms with van der Waals surface area (Å²) in [5, 5.41) is 3.59. The van der Waals surface area contributed by atoms with Crippen molar-refractivity contribution in [3.63, 3.8) is 0 Å². The number of hydrogen-bond donors (Lipinski definition) is 1. The number of anilines is 1. The number of halogens is 3. The van der Waals surface area contributed by atoms with Crippen LogP contribution in [-0.2, 0) is 26.2 Å². The van der Waals surface area contributed by atoms with Gasteiger partial charge in [0.1, 0.15) is 11.8 Å². The van der Waals surface area contributed by atoms with E-state index < -0.39 is 16.1 Å². The first-order chi connectivity index (χ1) is 16.9. The van der Waals surface area contributed by atoms with Crippen LogP contribution in [0.1, 0.15) is 31.7 Å². The number of methoxy groups -OCH3 is 1. The van der Waals surface area contributed by atoms with Crippen molar-refractivity contribution >= 4 is 62.3 Å². The molecule has 12 heteroatoms. The van der Waals surface area contributed by atoms with Crippen LogP contribution >= 0.6 is 34.8 Å². The lowest BCUT2D eigenvalue weighted by Crippen LogP contribution is -2.48. The van der Waals surface area contributed by atoms with E-state index in [-0.39, 0.29) is 42.8 Å². The standard InChI is InChI=1S/C24H30Cl3N3O5S/c1-5-21(24(32)28-2)29(15-16-8-10-18(25)19(26)13-16)23(31)7-6-12-30(36(4,33)34)17-9-11-22(35-3)20(27)14-17/h8-11,13-14,21H,5-7,12,15H2,1-4H3,(H,28,32)/t21-/m1/s1. The van der Waals surface area contributed by atoms with Gasteiger partial charge in [0.2, 0.25) is 21.8 Å². The van der Waals surface area contributed by atoms with Gasteiger partial charge in [-0.25, -0.2) is 8.42 Å². The number of nitrogens with zero attached hydrogens (tertiary/aromatic N) is 2. The van der Waals surface area contributed by atoms with E-state index in [0.717, 1.165) is 6.26 Å². The Bertz CT molecular complexity index is 1190. The minimum Gasteiger partial charge on any atom is -0.495 e. The molecular weight excluding hydrogens is 549 g/mol. The van der Waals surface area contributed by atoms with Gasteiger partial charge in [-0.3, -0.25) is 13.9 Å². The first-order valence-corrected chi connectivity index (χ1v) is 14.2. The van der Waals surface area contributed by atoms with E-state index >= 15 is 0 Å². The summed E-state index contributed by atoms with van der Waals surface area (Å²) in [5.74, 6) is -0.170. The van der Waals surface area contributed by atoms with Crippen LogP contribution < -0.4 is 14.4 Å². The average Bonchev–Trinajstić information content (AvgIpc) is 2.82. The fraction of sp³-hybridized carbons (Fsp3) is 0.417. The Morgan fingerprint density at radius 1 is 1.06 bits per heavy atom. The van der Waals surface area contributed by atoms with Crippen molar-refractivity contribution in [1.29, 1.82) is 0 Å². The molecule has 0 aliphatic heterocycles. The molecule has 0 bridgehead atoms. The fourth-order valence-electron chi connectivity index (χ4n) is 3.74. The van der Waals surface area contributed by atoms with Gasteiger partial charge in [0.05, 0.1) is 34.1 Å². The number of carbonyl (C=O) groups is 2. The molecule has 0 aliphatic rings. The van der Waals surface area contributed by atoms with Gasteiger partial charge >= 0.3 is 0 Å². The van der Waals surface area contributed by atoms with E-state index in [4.69, 9.17) is 39.5 Å². The van der Waals surface area contributed by atoms with Crippen molar-refractivity contribution in [2.45, 2.75) is 38.8 Å². The highest BCUT2D eigenvalue weighted by molar-refractivity contribution is 7.92. The van der Waals surface area contributed by atoms with Gasteiger partial charge in [-0.15, -0.1) is 0 Å². The highest BCUT2D eigenvalue weighted by atomic mass is 35.5. The van der Waals surface area contributed by atoms with Crippen molar-refractivity contribution in [2.24, 2.45) is 0 Å². The minimum atomic E-state index is -3.65. The highest BCUT2D eigenvalue weighted by Crippen LogP contribution is 2.30. The molecule has 1 N–H and O–H groups in total. The largest absolute Gasteiger partial charge is 0.495 e. The van der Waals surface area contributed by atoms with Crippen molar-refractivity contribution in [1.82, 2.24) is 10.2 Å². The summed E-state index contributed by atoms with van der Waals surface area (Å²) in [7, 11) is -0.675. The summed E-state index contributed by atoms with van der Waals surface area (Å²) >= 11 is 18.3. The smallest absolute Gasteiger partial charge is 0.242 e. The van der Waals surface area contributed by atoms with E-state index in [2.05, 4.69) is 5.32 Å². The first-order valence-electron chi connectivity index (χ1n) is 11.2. The maximum Gasteiger partial charge on any atom is 0.242 e. The third-order valence-electron chi connectivity index (χ3n) is 5.54. The second kappa shape index (κ2) is 13.4. The number of carbonyl (C=O) groups excluding carboxylic acids is 2. The molecule has 2 rings (SSSR count). The third kappa shape index (κ3) is 7.90. The van der Waals surface area contributed by atoms with Crippen LogP contribution in [0.4, 0.5) is 5.69 Å². The van der Waals surface area contributed by atoms with Crippen LogP contribution in [0.5, 0.6) is 5.75 Å². The minimum absolute atomic E-state index is 0.0186. The zero-order chi connectivity index (χ0) is 27.0. The van der Waals surface area contributed by atoms with Crippen LogP contribution in [0, 0.1) is 0 Å². The Morgan fingerprint density at radius 2 is 1.75 bits per heavy atom. The van der Waals surface area contributed by atoms with E-state index in [1.165, 1.54) is 29.4 Å². The van der Waals surface area contributed by atoms with E-state index in [1.54, 1.807) is 30.3 Å². The molecule has 36 heavy (non-hydrogen) atoms. The maximum atomic E-state index is 13.3. The molecule has 1 atom stereocenters. The third-order valence-corrected chi connectivity index (χ3v) is 7.77. The molecule has 0 fully saturated rings. The molecule has 2 aromatic rings. The van der Waals surface area contributed by atoms with Crippen LogP contribution in [0.15, 0.2) is 36.4 Å². The quantitative estimate of drug-likeness (QED) is 0.392. The summed E-state index contributed by atoms with van der Waals surface area (Å²) in [5.41, 5.74) is 1.07. The Balaban J connectivity index is 2.23. The number of benzene rings is 2.